The number of carboxylic acid groups (broad SMARTS) is 2. The van der Waals surface area contributed by atoms with E-state index in [4.69, 9.17) is 20.4 Å². The van der Waals surface area contributed by atoms with Gasteiger partial charge in [0.1, 0.15) is 0 Å². The highest BCUT2D eigenvalue weighted by atomic mass is 16.4. The number of carbonyl (C=O) groups is 2. The second-order valence-electron chi connectivity index (χ2n) is 2.95. The van der Waals surface area contributed by atoms with Gasteiger partial charge >= 0.3 is 11.9 Å². The fourth-order valence-electron chi connectivity index (χ4n) is 1.06. The standard InChI is InChI=1S/C8H14O6/c9-4-2-1-3-5(7(11)12)6(10)8(13)14/h5-6,9-10H,1-4H2,(H,11,12)(H,13,14)/t5-,6+/m0/s1. The van der Waals surface area contributed by atoms with Crippen LogP contribution >= 0.6 is 0 Å². The van der Waals surface area contributed by atoms with Gasteiger partial charge in [0.05, 0.1) is 5.92 Å². The summed E-state index contributed by atoms with van der Waals surface area (Å²) in [7, 11) is 0. The zero-order chi connectivity index (χ0) is 11.1. The molecule has 0 spiro atoms. The Morgan fingerprint density at radius 1 is 1.07 bits per heavy atom. The zero-order valence-corrected chi connectivity index (χ0v) is 7.59. The third-order valence-corrected chi connectivity index (χ3v) is 1.87. The van der Waals surface area contributed by atoms with E-state index >= 15 is 0 Å². The molecule has 0 rings (SSSR count). The monoisotopic (exact) mass is 206 g/mol. The normalized spacial score (nSPS) is 14.7. The van der Waals surface area contributed by atoms with Crippen LogP contribution in [0.25, 0.3) is 0 Å². The smallest absolute Gasteiger partial charge is 0.333 e. The first-order chi connectivity index (χ1) is 6.50. The highest BCUT2D eigenvalue weighted by Gasteiger charge is 2.31. The fourth-order valence-corrected chi connectivity index (χ4v) is 1.06. The Kier molecular flexibility index (Phi) is 5.82. The summed E-state index contributed by atoms with van der Waals surface area (Å²) in [5.41, 5.74) is 0. The van der Waals surface area contributed by atoms with Gasteiger partial charge in [-0.1, -0.05) is 6.42 Å². The van der Waals surface area contributed by atoms with Crippen molar-refractivity contribution in [3.63, 3.8) is 0 Å². The molecule has 4 N–H and O–H groups in total. The summed E-state index contributed by atoms with van der Waals surface area (Å²) in [6.07, 6.45) is -1.07. The quantitative estimate of drug-likeness (QED) is 0.409. The molecular weight excluding hydrogens is 192 g/mol. The number of carboxylic acids is 2. The van der Waals surface area contributed by atoms with Gasteiger partial charge < -0.3 is 20.4 Å². The molecule has 14 heavy (non-hydrogen) atoms. The molecule has 0 amide bonds. The van der Waals surface area contributed by atoms with Gasteiger partial charge in [0, 0.05) is 6.61 Å². The summed E-state index contributed by atoms with van der Waals surface area (Å²) in [5, 5.41) is 34.5. The first-order valence-corrected chi connectivity index (χ1v) is 4.25. The molecule has 0 saturated heterocycles. The molecule has 0 aliphatic heterocycles. The number of rotatable bonds is 7. The molecule has 0 fully saturated rings. The fraction of sp³-hybridized carbons (Fsp3) is 0.750. The number of hydrogen-bond acceptors (Lipinski definition) is 4. The van der Waals surface area contributed by atoms with Crippen LogP contribution in [0.1, 0.15) is 19.3 Å². The van der Waals surface area contributed by atoms with Crippen LogP contribution in [0.15, 0.2) is 0 Å². The topological polar surface area (TPSA) is 115 Å². The summed E-state index contributed by atoms with van der Waals surface area (Å²) >= 11 is 0. The molecule has 82 valence electrons. The molecular formula is C8H14O6. The van der Waals surface area contributed by atoms with Gasteiger partial charge in [-0.15, -0.1) is 0 Å². The number of hydrogen-bond donors (Lipinski definition) is 4. The van der Waals surface area contributed by atoms with E-state index in [9.17, 15) is 9.59 Å². The first kappa shape index (κ1) is 12.9. The van der Waals surface area contributed by atoms with E-state index in [1.165, 1.54) is 0 Å². The summed E-state index contributed by atoms with van der Waals surface area (Å²) in [6, 6.07) is 0. The Labute approximate surface area is 80.8 Å². The van der Waals surface area contributed by atoms with Crippen molar-refractivity contribution >= 4 is 11.9 Å². The predicted molar refractivity (Wildman–Crippen MR) is 45.7 cm³/mol. The van der Waals surface area contributed by atoms with Crippen LogP contribution < -0.4 is 0 Å². The minimum atomic E-state index is -1.88. The Balaban J connectivity index is 4.15. The van der Waals surface area contributed by atoms with Crippen molar-refractivity contribution in [1.29, 1.82) is 0 Å². The predicted octanol–water partition coefficient (Wildman–Crippen LogP) is -0.705. The molecule has 6 heteroatoms. The zero-order valence-electron chi connectivity index (χ0n) is 7.59. The minimum Gasteiger partial charge on any atom is -0.481 e. The maximum Gasteiger partial charge on any atom is 0.333 e. The van der Waals surface area contributed by atoms with Crippen molar-refractivity contribution < 1.29 is 30.0 Å². The van der Waals surface area contributed by atoms with Crippen LogP contribution in [0.4, 0.5) is 0 Å². The van der Waals surface area contributed by atoms with Crippen molar-refractivity contribution in [3.8, 4) is 0 Å². The van der Waals surface area contributed by atoms with E-state index < -0.39 is 24.0 Å². The molecule has 0 unspecified atom stereocenters. The highest BCUT2D eigenvalue weighted by molar-refractivity contribution is 5.81. The highest BCUT2D eigenvalue weighted by Crippen LogP contribution is 2.13. The second kappa shape index (κ2) is 6.33. The van der Waals surface area contributed by atoms with Crippen molar-refractivity contribution in [1.82, 2.24) is 0 Å². The van der Waals surface area contributed by atoms with Gasteiger partial charge in [-0.25, -0.2) is 4.79 Å². The van der Waals surface area contributed by atoms with Gasteiger partial charge in [0.25, 0.3) is 0 Å². The summed E-state index contributed by atoms with van der Waals surface area (Å²) in [5.74, 6) is -4.18. The first-order valence-electron chi connectivity index (χ1n) is 4.25. The third-order valence-electron chi connectivity index (χ3n) is 1.87. The van der Waals surface area contributed by atoms with Crippen LogP contribution in [0.5, 0.6) is 0 Å². The maximum absolute atomic E-state index is 10.6. The minimum absolute atomic E-state index is 0.0450. The van der Waals surface area contributed by atoms with Crippen LogP contribution in [-0.2, 0) is 9.59 Å². The molecule has 0 radical (unpaired) electrons. The lowest BCUT2D eigenvalue weighted by molar-refractivity contribution is -0.159. The van der Waals surface area contributed by atoms with Gasteiger partial charge in [-0.3, -0.25) is 4.79 Å². The average molecular weight is 206 g/mol. The summed E-state index contributed by atoms with van der Waals surface area (Å²) in [6.45, 7) is -0.0739. The van der Waals surface area contributed by atoms with Crippen molar-refractivity contribution in [2.75, 3.05) is 6.61 Å². The van der Waals surface area contributed by atoms with E-state index in [0.717, 1.165) is 0 Å². The average Bonchev–Trinajstić information content (AvgIpc) is 2.10. The maximum atomic E-state index is 10.6. The Hall–Kier alpha value is -1.14. The van der Waals surface area contributed by atoms with Gasteiger partial charge in [-0.2, -0.15) is 0 Å². The Morgan fingerprint density at radius 3 is 2.00 bits per heavy atom. The lowest BCUT2D eigenvalue weighted by Crippen LogP contribution is -2.34. The summed E-state index contributed by atoms with van der Waals surface area (Å²) in [4.78, 5) is 20.9. The Bertz CT molecular complexity index is 202. The molecule has 6 nitrogen and oxygen atoms in total. The molecule has 0 saturated carbocycles. The SMILES string of the molecule is O=C(O)[C@@H](CCCCO)[C@@H](O)C(=O)O. The van der Waals surface area contributed by atoms with Crippen molar-refractivity contribution in [3.05, 3.63) is 0 Å². The lowest BCUT2D eigenvalue weighted by atomic mass is 9.96. The van der Waals surface area contributed by atoms with Gasteiger partial charge in [-0.05, 0) is 12.8 Å². The van der Waals surface area contributed by atoms with Gasteiger partial charge in [0.15, 0.2) is 6.10 Å². The molecule has 0 heterocycles. The van der Waals surface area contributed by atoms with Crippen LogP contribution in [0.2, 0.25) is 0 Å². The van der Waals surface area contributed by atoms with Crippen LogP contribution in [-0.4, -0.2) is 45.1 Å². The van der Waals surface area contributed by atoms with E-state index in [0.29, 0.717) is 12.8 Å². The number of aliphatic hydroxyl groups is 2. The van der Waals surface area contributed by atoms with Crippen molar-refractivity contribution in [2.24, 2.45) is 5.92 Å². The second-order valence-corrected chi connectivity index (χ2v) is 2.95. The Morgan fingerprint density at radius 2 is 1.64 bits per heavy atom. The van der Waals surface area contributed by atoms with Gasteiger partial charge in [0.2, 0.25) is 0 Å². The molecule has 0 bridgehead atoms. The largest absolute Gasteiger partial charge is 0.481 e. The van der Waals surface area contributed by atoms with Crippen LogP contribution in [0, 0.1) is 5.92 Å². The molecule has 0 aromatic carbocycles. The third kappa shape index (κ3) is 4.20. The van der Waals surface area contributed by atoms with E-state index in [1.54, 1.807) is 0 Å². The summed E-state index contributed by atoms with van der Waals surface area (Å²) < 4.78 is 0. The molecule has 0 aromatic rings. The van der Waals surface area contributed by atoms with Crippen LogP contribution in [0.3, 0.4) is 0 Å². The molecule has 2 atom stereocenters. The number of unbranched alkanes of at least 4 members (excludes halogenated alkanes) is 1. The van der Waals surface area contributed by atoms with E-state index in [2.05, 4.69) is 0 Å². The van der Waals surface area contributed by atoms with E-state index in [1.807, 2.05) is 0 Å². The number of aliphatic hydroxyl groups excluding tert-OH is 2. The lowest BCUT2D eigenvalue weighted by Gasteiger charge is -2.14. The van der Waals surface area contributed by atoms with Crippen molar-refractivity contribution in [2.45, 2.75) is 25.4 Å². The van der Waals surface area contributed by atoms with E-state index in [-0.39, 0.29) is 13.0 Å². The molecule has 0 aliphatic carbocycles. The molecule has 0 aromatic heterocycles. The molecule has 0 aliphatic rings. The number of aliphatic carboxylic acids is 2.